The first-order valence-electron chi connectivity index (χ1n) is 6.68. The maximum atomic E-state index is 11.7. The van der Waals surface area contributed by atoms with Gasteiger partial charge in [-0.25, -0.2) is 0 Å². The minimum absolute atomic E-state index is 0.0559. The van der Waals surface area contributed by atoms with Gasteiger partial charge in [0.2, 0.25) is 5.91 Å². The Labute approximate surface area is 123 Å². The van der Waals surface area contributed by atoms with E-state index < -0.39 is 5.60 Å². The molecule has 0 aliphatic heterocycles. The Bertz CT molecular complexity index is 649. The molecule has 0 fully saturated rings. The van der Waals surface area contributed by atoms with Gasteiger partial charge in [-0.15, -0.1) is 0 Å². The van der Waals surface area contributed by atoms with E-state index in [1.807, 2.05) is 13.0 Å². The Kier molecular flexibility index (Phi) is 4.33. The van der Waals surface area contributed by atoms with Crippen LogP contribution < -0.4 is 5.32 Å². The van der Waals surface area contributed by atoms with Crippen molar-refractivity contribution in [3.63, 3.8) is 0 Å². The van der Waals surface area contributed by atoms with Crippen molar-refractivity contribution in [2.24, 2.45) is 0 Å². The number of aliphatic hydroxyl groups is 1. The van der Waals surface area contributed by atoms with Gasteiger partial charge < -0.3 is 19.3 Å². The van der Waals surface area contributed by atoms with E-state index in [1.165, 1.54) is 6.08 Å². The van der Waals surface area contributed by atoms with E-state index in [2.05, 4.69) is 5.32 Å². The van der Waals surface area contributed by atoms with Gasteiger partial charge in [0.1, 0.15) is 28.6 Å². The molecule has 2 rings (SSSR count). The van der Waals surface area contributed by atoms with Gasteiger partial charge in [-0.2, -0.15) is 0 Å². The highest BCUT2D eigenvalue weighted by atomic mass is 16.4. The lowest BCUT2D eigenvalue weighted by atomic mass is 10.0. The summed E-state index contributed by atoms with van der Waals surface area (Å²) in [6.07, 6.45) is 2.94. The topological polar surface area (TPSA) is 75.6 Å². The lowest BCUT2D eigenvalue weighted by molar-refractivity contribution is -0.117. The highest BCUT2D eigenvalue weighted by Gasteiger charge is 2.27. The quantitative estimate of drug-likeness (QED) is 0.829. The van der Waals surface area contributed by atoms with Crippen molar-refractivity contribution in [1.82, 2.24) is 5.32 Å². The molecule has 1 amide bonds. The lowest BCUT2D eigenvalue weighted by Crippen LogP contribution is -2.37. The molecule has 112 valence electrons. The molecule has 0 unspecified atom stereocenters. The summed E-state index contributed by atoms with van der Waals surface area (Å²) in [5.74, 6) is 2.21. The third-order valence-corrected chi connectivity index (χ3v) is 3.04. The standard InChI is InChI=1S/C16H19NO4/c1-11-4-6-13(20-11)7-9-15(18)17-10-16(3,19)14-8-5-12(2)21-14/h4-9,19H,10H2,1-3H3,(H,17,18)/b9-7+/t16-/m1/s1. The van der Waals surface area contributed by atoms with Gasteiger partial charge in [-0.1, -0.05) is 0 Å². The van der Waals surface area contributed by atoms with Crippen LogP contribution in [-0.2, 0) is 10.4 Å². The van der Waals surface area contributed by atoms with E-state index in [9.17, 15) is 9.90 Å². The molecule has 0 aliphatic carbocycles. The fourth-order valence-electron chi connectivity index (χ4n) is 1.83. The molecule has 2 heterocycles. The van der Waals surface area contributed by atoms with Gasteiger partial charge in [0.05, 0.1) is 6.54 Å². The van der Waals surface area contributed by atoms with Gasteiger partial charge in [0, 0.05) is 6.08 Å². The van der Waals surface area contributed by atoms with Crippen molar-refractivity contribution in [3.05, 3.63) is 53.4 Å². The smallest absolute Gasteiger partial charge is 0.244 e. The molecule has 0 saturated heterocycles. The maximum absolute atomic E-state index is 11.7. The van der Waals surface area contributed by atoms with Gasteiger partial charge >= 0.3 is 0 Å². The van der Waals surface area contributed by atoms with Crippen molar-refractivity contribution in [2.45, 2.75) is 26.4 Å². The zero-order valence-electron chi connectivity index (χ0n) is 12.3. The van der Waals surface area contributed by atoms with Gasteiger partial charge in [0.15, 0.2) is 0 Å². The molecule has 0 aliphatic rings. The number of carbonyl (C=O) groups excluding carboxylic acids is 1. The van der Waals surface area contributed by atoms with Crippen molar-refractivity contribution < 1.29 is 18.7 Å². The third kappa shape index (κ3) is 4.10. The number of hydrogen-bond donors (Lipinski definition) is 2. The van der Waals surface area contributed by atoms with E-state index in [0.29, 0.717) is 17.3 Å². The Morgan fingerprint density at radius 2 is 1.90 bits per heavy atom. The third-order valence-electron chi connectivity index (χ3n) is 3.04. The van der Waals surface area contributed by atoms with Crippen LogP contribution in [-0.4, -0.2) is 17.6 Å². The van der Waals surface area contributed by atoms with Crippen LogP contribution in [0.2, 0.25) is 0 Å². The number of nitrogens with one attached hydrogen (secondary N) is 1. The van der Waals surface area contributed by atoms with E-state index in [1.54, 1.807) is 38.1 Å². The molecule has 5 nitrogen and oxygen atoms in total. The van der Waals surface area contributed by atoms with Crippen LogP contribution in [0.3, 0.4) is 0 Å². The van der Waals surface area contributed by atoms with Crippen molar-refractivity contribution in [2.75, 3.05) is 6.54 Å². The average Bonchev–Trinajstić information content (AvgIpc) is 3.03. The van der Waals surface area contributed by atoms with Crippen molar-refractivity contribution >= 4 is 12.0 Å². The second-order valence-electron chi connectivity index (χ2n) is 5.18. The zero-order valence-corrected chi connectivity index (χ0v) is 12.3. The van der Waals surface area contributed by atoms with E-state index in [0.717, 1.165) is 5.76 Å². The minimum atomic E-state index is -1.25. The number of amides is 1. The van der Waals surface area contributed by atoms with Crippen LogP contribution in [0.15, 0.2) is 39.2 Å². The number of aryl methyl sites for hydroxylation is 2. The van der Waals surface area contributed by atoms with Crippen molar-refractivity contribution in [1.29, 1.82) is 0 Å². The Balaban J connectivity index is 1.90. The number of furan rings is 2. The Morgan fingerprint density at radius 1 is 1.24 bits per heavy atom. The molecule has 1 atom stereocenters. The second-order valence-corrected chi connectivity index (χ2v) is 5.18. The molecule has 0 aromatic carbocycles. The van der Waals surface area contributed by atoms with E-state index in [4.69, 9.17) is 8.83 Å². The second kappa shape index (κ2) is 6.01. The van der Waals surface area contributed by atoms with Crippen molar-refractivity contribution in [3.8, 4) is 0 Å². The largest absolute Gasteiger partial charge is 0.463 e. The summed E-state index contributed by atoms with van der Waals surface area (Å²) < 4.78 is 10.7. The summed E-state index contributed by atoms with van der Waals surface area (Å²) in [4.78, 5) is 11.7. The van der Waals surface area contributed by atoms with Crippen LogP contribution in [0.4, 0.5) is 0 Å². The van der Waals surface area contributed by atoms with Gasteiger partial charge in [-0.05, 0) is 51.1 Å². The average molecular weight is 289 g/mol. The summed E-state index contributed by atoms with van der Waals surface area (Å²) in [6.45, 7) is 5.28. The molecule has 2 N–H and O–H groups in total. The molecule has 21 heavy (non-hydrogen) atoms. The molecular formula is C16H19NO4. The number of hydrogen-bond acceptors (Lipinski definition) is 4. The molecule has 2 aromatic heterocycles. The van der Waals surface area contributed by atoms with Crippen LogP contribution in [0, 0.1) is 13.8 Å². The zero-order chi connectivity index (χ0) is 15.5. The molecular weight excluding hydrogens is 270 g/mol. The number of rotatable bonds is 5. The Morgan fingerprint density at radius 3 is 2.48 bits per heavy atom. The maximum Gasteiger partial charge on any atom is 0.244 e. The Hall–Kier alpha value is -2.27. The molecule has 0 bridgehead atoms. The van der Waals surface area contributed by atoms with Crippen LogP contribution >= 0.6 is 0 Å². The highest BCUT2D eigenvalue weighted by molar-refractivity contribution is 5.91. The lowest BCUT2D eigenvalue weighted by Gasteiger charge is -2.20. The van der Waals surface area contributed by atoms with Gasteiger partial charge in [0.25, 0.3) is 0 Å². The SMILES string of the molecule is Cc1ccc(/C=C/C(=O)NC[C@@](C)(O)c2ccc(C)o2)o1. The first-order valence-corrected chi connectivity index (χ1v) is 6.68. The van der Waals surface area contributed by atoms with Gasteiger partial charge in [-0.3, -0.25) is 4.79 Å². The van der Waals surface area contributed by atoms with Crippen LogP contribution in [0.5, 0.6) is 0 Å². The fourth-order valence-corrected chi connectivity index (χ4v) is 1.83. The normalized spacial score (nSPS) is 14.3. The highest BCUT2D eigenvalue weighted by Crippen LogP contribution is 2.21. The fraction of sp³-hybridized carbons (Fsp3) is 0.312. The summed E-state index contributed by atoms with van der Waals surface area (Å²) >= 11 is 0. The summed E-state index contributed by atoms with van der Waals surface area (Å²) in [7, 11) is 0. The first kappa shape index (κ1) is 15.1. The molecule has 0 spiro atoms. The summed E-state index contributed by atoms with van der Waals surface area (Å²) in [5, 5.41) is 12.9. The first-order chi connectivity index (χ1) is 9.87. The predicted octanol–water partition coefficient (Wildman–Crippen LogP) is 2.53. The molecule has 5 heteroatoms. The molecule has 0 radical (unpaired) electrons. The molecule has 2 aromatic rings. The molecule has 0 saturated carbocycles. The van der Waals surface area contributed by atoms with Crippen LogP contribution in [0.1, 0.15) is 30.0 Å². The van der Waals surface area contributed by atoms with Crippen LogP contribution in [0.25, 0.3) is 6.08 Å². The minimum Gasteiger partial charge on any atom is -0.463 e. The predicted molar refractivity (Wildman–Crippen MR) is 78.5 cm³/mol. The number of carbonyl (C=O) groups is 1. The van der Waals surface area contributed by atoms with E-state index >= 15 is 0 Å². The monoisotopic (exact) mass is 289 g/mol. The summed E-state index contributed by atoms with van der Waals surface area (Å²) in [5.41, 5.74) is -1.25. The summed E-state index contributed by atoms with van der Waals surface area (Å²) in [6, 6.07) is 7.07. The van der Waals surface area contributed by atoms with E-state index in [-0.39, 0.29) is 12.5 Å².